The van der Waals surface area contributed by atoms with Crippen LogP contribution in [0.1, 0.15) is 37.1 Å². The van der Waals surface area contributed by atoms with Crippen LogP contribution in [0.2, 0.25) is 5.02 Å². The molecule has 3 rings (SSSR count). The molecular weight excluding hydrogens is 258 g/mol. The summed E-state index contributed by atoms with van der Waals surface area (Å²) in [5, 5.41) is 5.41. The van der Waals surface area contributed by atoms with Gasteiger partial charge in [-0.2, -0.15) is 5.10 Å². The molecule has 100 valence electrons. The first-order valence-corrected chi connectivity index (χ1v) is 6.95. The van der Waals surface area contributed by atoms with Crippen molar-refractivity contribution in [2.75, 3.05) is 5.73 Å². The lowest BCUT2D eigenvalue weighted by atomic mass is 9.87. The van der Waals surface area contributed by atoms with Crippen LogP contribution in [-0.4, -0.2) is 9.78 Å². The summed E-state index contributed by atoms with van der Waals surface area (Å²) in [6.45, 7) is 5.15. The van der Waals surface area contributed by atoms with Crippen LogP contribution in [0.25, 0.3) is 0 Å². The summed E-state index contributed by atoms with van der Waals surface area (Å²) in [5.74, 6) is 0.803. The van der Waals surface area contributed by atoms with Gasteiger partial charge in [-0.1, -0.05) is 37.6 Å². The maximum atomic E-state index is 6.28. The second-order valence-corrected chi connectivity index (χ2v) is 6.31. The smallest absolute Gasteiger partial charge is 0.126 e. The molecule has 0 amide bonds. The second kappa shape index (κ2) is 4.27. The molecule has 0 atom stereocenters. The summed E-state index contributed by atoms with van der Waals surface area (Å²) in [6, 6.07) is 7.83. The third-order valence-electron chi connectivity index (χ3n) is 3.95. The monoisotopic (exact) mass is 275 g/mol. The number of halogens is 1. The van der Waals surface area contributed by atoms with Crippen LogP contribution < -0.4 is 5.73 Å². The van der Waals surface area contributed by atoms with Crippen LogP contribution in [0.15, 0.2) is 24.3 Å². The van der Waals surface area contributed by atoms with Gasteiger partial charge in [0.1, 0.15) is 5.82 Å². The normalized spacial score (nSPS) is 16.6. The Balaban J connectivity index is 1.96. The lowest BCUT2D eigenvalue weighted by Gasteiger charge is -2.18. The Morgan fingerprint density at radius 3 is 2.89 bits per heavy atom. The third-order valence-corrected chi connectivity index (χ3v) is 4.18. The van der Waals surface area contributed by atoms with Gasteiger partial charge in [-0.15, -0.1) is 0 Å². The van der Waals surface area contributed by atoms with Gasteiger partial charge in [0.25, 0.3) is 0 Å². The average molecular weight is 276 g/mol. The molecule has 0 aliphatic heterocycles. The maximum Gasteiger partial charge on any atom is 0.126 e. The molecule has 1 heterocycles. The number of nitrogens with two attached hydrogens (primary N) is 1. The van der Waals surface area contributed by atoms with Gasteiger partial charge in [-0.3, -0.25) is 0 Å². The van der Waals surface area contributed by atoms with E-state index in [2.05, 4.69) is 18.9 Å². The summed E-state index contributed by atoms with van der Waals surface area (Å²) < 4.78 is 1.90. The van der Waals surface area contributed by atoms with Crippen LogP contribution in [0.3, 0.4) is 0 Å². The zero-order valence-electron chi connectivity index (χ0n) is 11.3. The zero-order chi connectivity index (χ0) is 13.6. The molecule has 0 bridgehead atoms. The van der Waals surface area contributed by atoms with E-state index in [-0.39, 0.29) is 5.41 Å². The van der Waals surface area contributed by atoms with E-state index < -0.39 is 0 Å². The van der Waals surface area contributed by atoms with Gasteiger partial charge in [0.15, 0.2) is 0 Å². The molecule has 1 aliphatic rings. The quantitative estimate of drug-likeness (QED) is 0.913. The van der Waals surface area contributed by atoms with Crippen LogP contribution in [-0.2, 0) is 18.4 Å². The molecule has 0 fully saturated rings. The highest BCUT2D eigenvalue weighted by Gasteiger charge is 2.35. The highest BCUT2D eigenvalue weighted by atomic mass is 35.5. The Hall–Kier alpha value is -1.48. The van der Waals surface area contributed by atoms with Gasteiger partial charge >= 0.3 is 0 Å². The molecule has 1 aromatic carbocycles. The minimum atomic E-state index is 0.145. The zero-order valence-corrected chi connectivity index (χ0v) is 12.0. The number of rotatable bonds is 2. The summed E-state index contributed by atoms with van der Waals surface area (Å²) in [6.07, 6.45) is 2.15. The first-order valence-electron chi connectivity index (χ1n) is 6.57. The minimum absolute atomic E-state index is 0.145. The van der Waals surface area contributed by atoms with Crippen molar-refractivity contribution in [3.05, 3.63) is 46.1 Å². The first kappa shape index (κ1) is 12.5. The molecule has 1 aromatic heterocycles. The number of anilines is 1. The Kier molecular flexibility index (Phi) is 2.82. The number of nitrogen functional groups attached to an aromatic ring is 1. The van der Waals surface area contributed by atoms with Crippen molar-refractivity contribution >= 4 is 17.4 Å². The number of hydrogen-bond acceptors (Lipinski definition) is 2. The second-order valence-electron chi connectivity index (χ2n) is 5.88. The van der Waals surface area contributed by atoms with Gasteiger partial charge in [-0.05, 0) is 36.0 Å². The molecule has 4 heteroatoms. The predicted molar refractivity (Wildman–Crippen MR) is 78.5 cm³/mol. The summed E-state index contributed by atoms with van der Waals surface area (Å²) in [4.78, 5) is 0. The van der Waals surface area contributed by atoms with E-state index in [9.17, 15) is 0 Å². The Morgan fingerprint density at radius 1 is 1.42 bits per heavy atom. The molecule has 2 N–H and O–H groups in total. The largest absolute Gasteiger partial charge is 0.384 e. The van der Waals surface area contributed by atoms with E-state index in [1.165, 1.54) is 5.56 Å². The fourth-order valence-electron chi connectivity index (χ4n) is 2.92. The Labute approximate surface area is 118 Å². The number of benzene rings is 1. The summed E-state index contributed by atoms with van der Waals surface area (Å²) in [5.41, 5.74) is 9.94. The number of aromatic nitrogens is 2. The van der Waals surface area contributed by atoms with Crippen LogP contribution in [0, 0.1) is 0 Å². The molecule has 0 saturated carbocycles. The summed E-state index contributed by atoms with van der Waals surface area (Å²) >= 11 is 6.01. The van der Waals surface area contributed by atoms with Gasteiger partial charge in [0.2, 0.25) is 0 Å². The van der Waals surface area contributed by atoms with E-state index in [0.29, 0.717) is 6.54 Å². The highest BCUT2D eigenvalue weighted by molar-refractivity contribution is 6.30. The lowest BCUT2D eigenvalue weighted by molar-refractivity contribution is 0.515. The Morgan fingerprint density at radius 2 is 2.21 bits per heavy atom. The molecule has 19 heavy (non-hydrogen) atoms. The molecule has 0 spiro atoms. The number of hydrogen-bond donors (Lipinski definition) is 1. The SMILES string of the molecule is CC1(C)CCc2nn(Cc3cccc(Cl)c3)c(N)c21. The van der Waals surface area contributed by atoms with E-state index in [4.69, 9.17) is 17.3 Å². The first-order chi connectivity index (χ1) is 8.97. The Bertz CT molecular complexity index is 628. The maximum absolute atomic E-state index is 6.28. The standard InChI is InChI=1S/C15H18ClN3/c1-15(2)7-6-12-13(15)14(17)19(18-12)9-10-4-3-5-11(16)8-10/h3-5,8H,6-7,9,17H2,1-2H3. The van der Waals surface area contributed by atoms with Gasteiger partial charge in [0, 0.05) is 10.6 Å². The van der Waals surface area contributed by atoms with Crippen LogP contribution >= 0.6 is 11.6 Å². The van der Waals surface area contributed by atoms with Crippen molar-refractivity contribution in [3.8, 4) is 0 Å². The van der Waals surface area contributed by atoms with Crippen molar-refractivity contribution in [2.24, 2.45) is 0 Å². The highest BCUT2D eigenvalue weighted by Crippen LogP contribution is 2.41. The van der Waals surface area contributed by atoms with E-state index in [0.717, 1.165) is 34.9 Å². The molecule has 1 aliphatic carbocycles. The predicted octanol–water partition coefficient (Wildman–Crippen LogP) is 3.39. The van der Waals surface area contributed by atoms with E-state index in [1.54, 1.807) is 0 Å². The van der Waals surface area contributed by atoms with Gasteiger partial charge in [-0.25, -0.2) is 4.68 Å². The fraction of sp³-hybridized carbons (Fsp3) is 0.400. The van der Waals surface area contributed by atoms with Crippen LogP contribution in [0.4, 0.5) is 5.82 Å². The van der Waals surface area contributed by atoms with Crippen molar-refractivity contribution in [2.45, 2.75) is 38.6 Å². The minimum Gasteiger partial charge on any atom is -0.384 e. The average Bonchev–Trinajstić information content (AvgIpc) is 2.79. The summed E-state index contributed by atoms with van der Waals surface area (Å²) in [7, 11) is 0. The van der Waals surface area contributed by atoms with Crippen LogP contribution in [0.5, 0.6) is 0 Å². The topological polar surface area (TPSA) is 43.8 Å². The van der Waals surface area contributed by atoms with E-state index in [1.807, 2.05) is 28.9 Å². The van der Waals surface area contributed by atoms with Crippen molar-refractivity contribution < 1.29 is 0 Å². The van der Waals surface area contributed by atoms with Crippen molar-refractivity contribution in [3.63, 3.8) is 0 Å². The molecular formula is C15H18ClN3. The number of fused-ring (bicyclic) bond motifs is 1. The molecule has 0 unspecified atom stereocenters. The number of aryl methyl sites for hydroxylation is 1. The molecule has 3 nitrogen and oxygen atoms in total. The fourth-order valence-corrected chi connectivity index (χ4v) is 3.14. The lowest BCUT2D eigenvalue weighted by Crippen LogP contribution is -2.16. The van der Waals surface area contributed by atoms with Gasteiger partial charge in [0.05, 0.1) is 12.2 Å². The van der Waals surface area contributed by atoms with E-state index >= 15 is 0 Å². The molecule has 0 saturated heterocycles. The molecule has 2 aromatic rings. The number of nitrogens with zero attached hydrogens (tertiary/aromatic N) is 2. The van der Waals surface area contributed by atoms with Gasteiger partial charge < -0.3 is 5.73 Å². The van der Waals surface area contributed by atoms with Crippen molar-refractivity contribution in [1.29, 1.82) is 0 Å². The third kappa shape index (κ3) is 2.12. The molecule has 0 radical (unpaired) electrons. The van der Waals surface area contributed by atoms with Crippen molar-refractivity contribution in [1.82, 2.24) is 9.78 Å².